The molecule has 1 aromatic carbocycles. The molecule has 0 saturated carbocycles. The van der Waals surface area contributed by atoms with Crippen LogP contribution in [0.3, 0.4) is 0 Å². The van der Waals surface area contributed by atoms with Crippen molar-refractivity contribution in [1.82, 2.24) is 4.90 Å². The summed E-state index contributed by atoms with van der Waals surface area (Å²) in [5, 5.41) is 0. The summed E-state index contributed by atoms with van der Waals surface area (Å²) in [6, 6.07) is 6.40. The molecule has 0 bridgehead atoms. The first-order valence-electron chi connectivity index (χ1n) is 7.04. The average Bonchev–Trinajstić information content (AvgIpc) is 2.40. The van der Waals surface area contributed by atoms with E-state index in [0.29, 0.717) is 6.10 Å². The van der Waals surface area contributed by atoms with Crippen molar-refractivity contribution in [2.75, 3.05) is 26.2 Å². The van der Waals surface area contributed by atoms with Crippen LogP contribution >= 0.6 is 0 Å². The Labute approximate surface area is 114 Å². The van der Waals surface area contributed by atoms with Crippen LogP contribution in [0.1, 0.15) is 31.4 Å². The quantitative estimate of drug-likeness (QED) is 0.889. The number of hydrogen-bond acceptors (Lipinski definition) is 3. The first kappa shape index (κ1) is 14.4. The number of rotatable bonds is 5. The van der Waals surface area contributed by atoms with E-state index in [0.717, 1.165) is 44.6 Å². The van der Waals surface area contributed by atoms with Crippen LogP contribution in [0.2, 0.25) is 0 Å². The van der Waals surface area contributed by atoms with Gasteiger partial charge in [0.2, 0.25) is 0 Å². The van der Waals surface area contributed by atoms with Gasteiger partial charge >= 0.3 is 0 Å². The van der Waals surface area contributed by atoms with Crippen molar-refractivity contribution in [2.24, 2.45) is 5.73 Å². The van der Waals surface area contributed by atoms with E-state index in [1.54, 1.807) is 12.1 Å². The minimum atomic E-state index is -0.217. The maximum absolute atomic E-state index is 12.9. The molecular weight excluding hydrogens is 243 g/mol. The molecule has 3 nitrogen and oxygen atoms in total. The molecule has 0 aliphatic carbocycles. The smallest absolute Gasteiger partial charge is 0.123 e. The van der Waals surface area contributed by atoms with Gasteiger partial charge in [-0.2, -0.15) is 0 Å². The lowest BCUT2D eigenvalue weighted by atomic mass is 10.0. The fourth-order valence-electron chi connectivity index (χ4n) is 2.64. The van der Waals surface area contributed by atoms with Crippen molar-refractivity contribution >= 4 is 0 Å². The fraction of sp³-hybridized carbons (Fsp3) is 0.600. The topological polar surface area (TPSA) is 38.5 Å². The van der Waals surface area contributed by atoms with Gasteiger partial charge in [-0.15, -0.1) is 0 Å². The van der Waals surface area contributed by atoms with Gasteiger partial charge in [-0.05, 0) is 44.0 Å². The number of likely N-dealkylation sites (tertiary alicyclic amines) is 1. The largest absolute Gasteiger partial charge is 0.377 e. The zero-order chi connectivity index (χ0) is 13.7. The molecule has 0 radical (unpaired) electrons. The first-order chi connectivity index (χ1) is 9.19. The summed E-state index contributed by atoms with van der Waals surface area (Å²) in [7, 11) is 0. The molecule has 19 heavy (non-hydrogen) atoms. The van der Waals surface area contributed by atoms with Crippen LogP contribution in [0.5, 0.6) is 0 Å². The number of piperidine rings is 1. The first-order valence-corrected chi connectivity index (χ1v) is 7.04. The van der Waals surface area contributed by atoms with Crippen LogP contribution in [-0.4, -0.2) is 37.2 Å². The summed E-state index contributed by atoms with van der Waals surface area (Å²) in [4.78, 5) is 2.35. The molecule has 1 aliphatic heterocycles. The highest BCUT2D eigenvalue weighted by Gasteiger charge is 2.21. The van der Waals surface area contributed by atoms with Crippen molar-refractivity contribution < 1.29 is 9.13 Å². The van der Waals surface area contributed by atoms with E-state index in [-0.39, 0.29) is 11.9 Å². The van der Waals surface area contributed by atoms with Crippen molar-refractivity contribution in [2.45, 2.75) is 31.9 Å². The minimum Gasteiger partial charge on any atom is -0.377 e. The molecule has 2 rings (SSSR count). The Balaban J connectivity index is 1.87. The van der Waals surface area contributed by atoms with Crippen LogP contribution < -0.4 is 5.73 Å². The van der Waals surface area contributed by atoms with E-state index in [2.05, 4.69) is 4.90 Å². The molecule has 1 aromatic rings. The Bertz CT molecular complexity index is 380. The van der Waals surface area contributed by atoms with Gasteiger partial charge in [0, 0.05) is 25.7 Å². The van der Waals surface area contributed by atoms with Gasteiger partial charge in [0.25, 0.3) is 0 Å². The molecule has 0 aromatic heterocycles. The maximum Gasteiger partial charge on any atom is 0.123 e. The number of ether oxygens (including phenoxy) is 1. The normalized spacial score (nSPS) is 22.4. The summed E-state index contributed by atoms with van der Waals surface area (Å²) < 4.78 is 18.6. The van der Waals surface area contributed by atoms with Gasteiger partial charge in [0.05, 0.1) is 6.10 Å². The zero-order valence-corrected chi connectivity index (χ0v) is 11.5. The molecule has 4 heteroatoms. The highest BCUT2D eigenvalue weighted by molar-refractivity contribution is 5.19. The lowest BCUT2D eigenvalue weighted by Crippen LogP contribution is -2.42. The van der Waals surface area contributed by atoms with E-state index >= 15 is 0 Å². The van der Waals surface area contributed by atoms with Gasteiger partial charge in [-0.3, -0.25) is 4.90 Å². The molecule has 2 N–H and O–H groups in total. The predicted molar refractivity (Wildman–Crippen MR) is 74.4 cm³/mol. The number of nitrogens with zero attached hydrogens (tertiary/aromatic N) is 1. The Morgan fingerprint density at radius 1 is 1.42 bits per heavy atom. The minimum absolute atomic E-state index is 0.0685. The SMILES string of the molecule is CCOC1CCCN(CC(N)c2ccc(F)cc2)C1. The van der Waals surface area contributed by atoms with E-state index in [4.69, 9.17) is 10.5 Å². The summed E-state index contributed by atoms with van der Waals surface area (Å²) in [6.45, 7) is 5.61. The van der Waals surface area contributed by atoms with Crippen LogP contribution in [0.4, 0.5) is 4.39 Å². The number of halogens is 1. The molecule has 0 spiro atoms. The lowest BCUT2D eigenvalue weighted by Gasteiger charge is -2.34. The molecule has 1 aliphatic rings. The highest BCUT2D eigenvalue weighted by Crippen LogP contribution is 2.17. The molecule has 0 amide bonds. The van der Waals surface area contributed by atoms with Gasteiger partial charge < -0.3 is 10.5 Å². The molecule has 2 unspecified atom stereocenters. The summed E-state index contributed by atoms with van der Waals surface area (Å²) >= 11 is 0. The predicted octanol–water partition coefficient (Wildman–Crippen LogP) is 2.33. The molecule has 1 heterocycles. The average molecular weight is 266 g/mol. The molecule has 2 atom stereocenters. The van der Waals surface area contributed by atoms with Crippen molar-refractivity contribution in [3.8, 4) is 0 Å². The van der Waals surface area contributed by atoms with E-state index in [1.165, 1.54) is 12.1 Å². The Morgan fingerprint density at radius 3 is 2.84 bits per heavy atom. The molecule has 1 fully saturated rings. The summed E-state index contributed by atoms with van der Waals surface area (Å²) in [5.41, 5.74) is 7.18. The monoisotopic (exact) mass is 266 g/mol. The van der Waals surface area contributed by atoms with Crippen molar-refractivity contribution in [3.05, 3.63) is 35.6 Å². The van der Waals surface area contributed by atoms with Crippen LogP contribution in [0, 0.1) is 5.82 Å². The number of hydrogen-bond donors (Lipinski definition) is 1. The lowest BCUT2D eigenvalue weighted by molar-refractivity contribution is 0.00449. The van der Waals surface area contributed by atoms with Crippen LogP contribution in [-0.2, 0) is 4.74 Å². The third kappa shape index (κ3) is 4.27. The third-order valence-corrected chi connectivity index (χ3v) is 3.62. The van der Waals surface area contributed by atoms with E-state index in [1.807, 2.05) is 6.92 Å². The van der Waals surface area contributed by atoms with Gasteiger partial charge in [-0.1, -0.05) is 12.1 Å². The number of nitrogens with two attached hydrogens (primary N) is 1. The molecular formula is C15H23FN2O. The Kier molecular flexibility index (Phi) is 5.31. The standard InChI is InChI=1S/C15H23FN2O/c1-2-19-14-4-3-9-18(10-14)11-15(17)12-5-7-13(16)8-6-12/h5-8,14-15H,2-4,9-11,17H2,1H3. The van der Waals surface area contributed by atoms with Crippen LogP contribution in [0.15, 0.2) is 24.3 Å². The molecule has 1 saturated heterocycles. The maximum atomic E-state index is 12.9. The van der Waals surface area contributed by atoms with Gasteiger partial charge in [0.15, 0.2) is 0 Å². The second-order valence-electron chi connectivity index (χ2n) is 5.14. The Hall–Kier alpha value is -0.970. The third-order valence-electron chi connectivity index (χ3n) is 3.62. The summed E-state index contributed by atoms with van der Waals surface area (Å²) in [6.07, 6.45) is 2.62. The van der Waals surface area contributed by atoms with Crippen molar-refractivity contribution in [1.29, 1.82) is 0 Å². The zero-order valence-electron chi connectivity index (χ0n) is 11.5. The molecule has 106 valence electrons. The van der Waals surface area contributed by atoms with E-state index in [9.17, 15) is 4.39 Å². The van der Waals surface area contributed by atoms with Crippen LogP contribution in [0.25, 0.3) is 0 Å². The Morgan fingerprint density at radius 2 is 2.16 bits per heavy atom. The second kappa shape index (κ2) is 6.98. The van der Waals surface area contributed by atoms with Gasteiger partial charge in [-0.25, -0.2) is 4.39 Å². The highest BCUT2D eigenvalue weighted by atomic mass is 19.1. The number of benzene rings is 1. The van der Waals surface area contributed by atoms with Gasteiger partial charge in [0.1, 0.15) is 5.82 Å². The second-order valence-corrected chi connectivity index (χ2v) is 5.14. The van der Waals surface area contributed by atoms with E-state index < -0.39 is 0 Å². The summed E-state index contributed by atoms with van der Waals surface area (Å²) in [5.74, 6) is -0.217. The fourth-order valence-corrected chi connectivity index (χ4v) is 2.64. The van der Waals surface area contributed by atoms with Crippen molar-refractivity contribution in [3.63, 3.8) is 0 Å².